The zero-order valence-electron chi connectivity index (χ0n) is 16.7. The van der Waals surface area contributed by atoms with Crippen molar-refractivity contribution in [3.8, 4) is 11.1 Å². The summed E-state index contributed by atoms with van der Waals surface area (Å²) < 4.78 is 48.2. The minimum atomic E-state index is -0.698. The molecule has 1 aliphatic heterocycles. The minimum Gasteiger partial charge on any atom is -0.466 e. The molecule has 2 aromatic rings. The number of halogens is 3. The summed E-state index contributed by atoms with van der Waals surface area (Å²) in [5.41, 5.74) is 1.99. The highest BCUT2D eigenvalue weighted by Crippen LogP contribution is 2.41. The van der Waals surface area contributed by atoms with Crippen LogP contribution < -0.4 is 5.32 Å². The van der Waals surface area contributed by atoms with Gasteiger partial charge in [0.1, 0.15) is 17.5 Å². The van der Waals surface area contributed by atoms with Gasteiger partial charge in [0, 0.05) is 23.2 Å². The van der Waals surface area contributed by atoms with E-state index in [4.69, 9.17) is 4.74 Å². The lowest BCUT2D eigenvalue weighted by molar-refractivity contribution is -0.143. The monoisotopic (exact) mass is 423 g/mol. The topological polar surface area (TPSA) is 38.3 Å². The first-order valence-electron chi connectivity index (χ1n) is 9.58. The van der Waals surface area contributed by atoms with Gasteiger partial charge in [0.2, 0.25) is 0 Å². The molecule has 7 heteroatoms. The lowest BCUT2D eigenvalue weighted by Gasteiger charge is -2.19. The molecule has 156 valence electrons. The fourth-order valence-corrected chi connectivity index (χ4v) is 4.40. The smallest absolute Gasteiger partial charge is 0.305 e. The van der Waals surface area contributed by atoms with Crippen LogP contribution in [-0.2, 0) is 16.0 Å². The first-order chi connectivity index (χ1) is 13.7. The van der Waals surface area contributed by atoms with Crippen LogP contribution in [0.4, 0.5) is 18.9 Å². The summed E-state index contributed by atoms with van der Waals surface area (Å²) in [6.07, 6.45) is 1.30. The average molecular weight is 424 g/mol. The fourth-order valence-electron chi connectivity index (χ4n) is 3.51. The number of hydrogen-bond acceptors (Lipinski definition) is 4. The van der Waals surface area contributed by atoms with Crippen molar-refractivity contribution in [1.82, 2.24) is 0 Å². The van der Waals surface area contributed by atoms with Crippen molar-refractivity contribution >= 4 is 23.4 Å². The van der Waals surface area contributed by atoms with Gasteiger partial charge >= 0.3 is 5.97 Å². The average Bonchev–Trinajstić information content (AvgIpc) is 2.93. The van der Waals surface area contributed by atoms with Crippen LogP contribution in [0.1, 0.15) is 39.2 Å². The number of thioether (sulfide) groups is 1. The summed E-state index contributed by atoms with van der Waals surface area (Å²) >= 11 is 1.02. The number of nitrogens with one attached hydrogen (secondary N) is 1. The van der Waals surface area contributed by atoms with E-state index in [1.165, 1.54) is 24.3 Å². The Morgan fingerprint density at radius 1 is 1.17 bits per heavy atom. The Morgan fingerprint density at radius 2 is 1.86 bits per heavy atom. The van der Waals surface area contributed by atoms with E-state index >= 15 is 0 Å². The highest BCUT2D eigenvalue weighted by atomic mass is 32.2. The summed E-state index contributed by atoms with van der Waals surface area (Å²) in [6.45, 7) is 6.02. The predicted octanol–water partition coefficient (Wildman–Crippen LogP) is 5.95. The zero-order valence-corrected chi connectivity index (χ0v) is 17.5. The molecule has 2 aromatic carbocycles. The lowest BCUT2D eigenvalue weighted by Crippen LogP contribution is -2.27. The molecule has 1 heterocycles. The van der Waals surface area contributed by atoms with Crippen LogP contribution in [0.2, 0.25) is 0 Å². The van der Waals surface area contributed by atoms with E-state index in [0.717, 1.165) is 17.3 Å². The maximum atomic E-state index is 14.6. The van der Waals surface area contributed by atoms with Crippen molar-refractivity contribution in [3.05, 3.63) is 47.3 Å². The summed E-state index contributed by atoms with van der Waals surface area (Å²) in [5, 5.41) is 3.32. The Balaban J connectivity index is 1.80. The van der Waals surface area contributed by atoms with Gasteiger partial charge in [-0.05, 0) is 74.8 Å². The molecule has 0 unspecified atom stereocenters. The molecule has 0 atom stereocenters. The SMILES string of the molecule is CCOC(=O)CCCSc1c(F)cc(-c2cc(F)cc3c2NC(C)(C)C3)cc1F. The first-order valence-corrected chi connectivity index (χ1v) is 10.6. The molecule has 3 rings (SSSR count). The van der Waals surface area contributed by atoms with Gasteiger partial charge < -0.3 is 10.1 Å². The third-order valence-electron chi connectivity index (χ3n) is 4.67. The number of anilines is 1. The van der Waals surface area contributed by atoms with Gasteiger partial charge in [0.15, 0.2) is 0 Å². The quantitative estimate of drug-likeness (QED) is 0.339. The second-order valence-electron chi connectivity index (χ2n) is 7.70. The van der Waals surface area contributed by atoms with Crippen molar-refractivity contribution in [1.29, 1.82) is 0 Å². The van der Waals surface area contributed by atoms with E-state index in [0.29, 0.717) is 36.5 Å². The van der Waals surface area contributed by atoms with E-state index in [9.17, 15) is 18.0 Å². The van der Waals surface area contributed by atoms with Crippen LogP contribution in [0.3, 0.4) is 0 Å². The molecule has 0 saturated carbocycles. The Morgan fingerprint density at radius 3 is 2.52 bits per heavy atom. The highest BCUT2D eigenvalue weighted by molar-refractivity contribution is 7.99. The van der Waals surface area contributed by atoms with Crippen LogP contribution in [0.25, 0.3) is 11.1 Å². The van der Waals surface area contributed by atoms with Crippen molar-refractivity contribution < 1.29 is 22.7 Å². The third kappa shape index (κ3) is 5.07. The van der Waals surface area contributed by atoms with Gasteiger partial charge in [0.05, 0.1) is 11.5 Å². The molecule has 29 heavy (non-hydrogen) atoms. The lowest BCUT2D eigenvalue weighted by atomic mass is 9.97. The van der Waals surface area contributed by atoms with Crippen molar-refractivity contribution in [2.75, 3.05) is 17.7 Å². The van der Waals surface area contributed by atoms with E-state index < -0.39 is 17.5 Å². The maximum absolute atomic E-state index is 14.6. The van der Waals surface area contributed by atoms with Gasteiger partial charge in [-0.3, -0.25) is 4.79 Å². The summed E-state index contributed by atoms with van der Waals surface area (Å²) in [6, 6.07) is 5.23. The number of ether oxygens (including phenoxy) is 1. The highest BCUT2D eigenvalue weighted by Gasteiger charge is 2.30. The molecule has 0 aliphatic carbocycles. The van der Waals surface area contributed by atoms with Gasteiger partial charge in [-0.1, -0.05) is 0 Å². The standard InChI is InChI=1S/C22H24F3NO2S/c1-4-28-19(27)6-5-7-29-21-17(24)9-13(10-18(21)25)16-11-15(23)8-14-12-22(2,3)26-20(14)16/h8-11,26H,4-7,12H2,1-3H3. The van der Waals surface area contributed by atoms with E-state index in [2.05, 4.69) is 5.32 Å². The summed E-state index contributed by atoms with van der Waals surface area (Å²) in [4.78, 5) is 11.2. The third-order valence-corrected chi connectivity index (χ3v) is 5.84. The number of carbonyl (C=O) groups is 1. The zero-order chi connectivity index (χ0) is 21.2. The Bertz CT molecular complexity index is 908. The van der Waals surface area contributed by atoms with E-state index in [1.807, 2.05) is 13.8 Å². The normalized spacial score (nSPS) is 14.4. The number of hydrogen-bond donors (Lipinski definition) is 1. The largest absolute Gasteiger partial charge is 0.466 e. The minimum absolute atomic E-state index is 0.0982. The van der Waals surface area contributed by atoms with Gasteiger partial charge in [-0.25, -0.2) is 13.2 Å². The molecule has 1 N–H and O–H groups in total. The Hall–Kier alpha value is -2.15. The predicted molar refractivity (Wildman–Crippen MR) is 110 cm³/mol. The second-order valence-corrected chi connectivity index (χ2v) is 8.80. The Labute approximate surface area is 173 Å². The van der Waals surface area contributed by atoms with Crippen LogP contribution >= 0.6 is 11.8 Å². The van der Waals surface area contributed by atoms with Crippen LogP contribution in [-0.4, -0.2) is 23.9 Å². The van der Waals surface area contributed by atoms with Crippen molar-refractivity contribution in [2.45, 2.75) is 50.5 Å². The Kier molecular flexibility index (Phi) is 6.46. The number of esters is 1. The van der Waals surface area contributed by atoms with Crippen molar-refractivity contribution in [2.24, 2.45) is 0 Å². The molecule has 3 nitrogen and oxygen atoms in total. The summed E-state index contributed by atoms with van der Waals surface area (Å²) in [7, 11) is 0. The molecule has 0 saturated heterocycles. The number of fused-ring (bicyclic) bond motifs is 1. The molecule has 0 radical (unpaired) electrons. The maximum Gasteiger partial charge on any atom is 0.305 e. The summed E-state index contributed by atoms with van der Waals surface area (Å²) in [5.74, 6) is -1.76. The number of rotatable bonds is 7. The van der Waals surface area contributed by atoms with Gasteiger partial charge in [0.25, 0.3) is 0 Å². The van der Waals surface area contributed by atoms with Crippen molar-refractivity contribution in [3.63, 3.8) is 0 Å². The van der Waals surface area contributed by atoms with Gasteiger partial charge in [-0.2, -0.15) is 0 Å². The van der Waals surface area contributed by atoms with Crippen LogP contribution in [0.5, 0.6) is 0 Å². The molecule has 1 aliphatic rings. The number of carbonyl (C=O) groups excluding carboxylic acids is 1. The molecule has 0 spiro atoms. The second kappa shape index (κ2) is 8.69. The molecule has 0 aromatic heterocycles. The van der Waals surface area contributed by atoms with E-state index in [1.54, 1.807) is 6.92 Å². The molecular formula is C22H24F3NO2S. The molecule has 0 amide bonds. The van der Waals surface area contributed by atoms with E-state index in [-0.39, 0.29) is 28.4 Å². The molecule has 0 fully saturated rings. The number of benzene rings is 2. The van der Waals surface area contributed by atoms with Crippen LogP contribution in [0, 0.1) is 17.5 Å². The first kappa shape index (κ1) is 21.6. The van der Waals surface area contributed by atoms with Crippen LogP contribution in [0.15, 0.2) is 29.2 Å². The fraction of sp³-hybridized carbons (Fsp3) is 0.409. The molecule has 0 bridgehead atoms. The molecular weight excluding hydrogens is 399 g/mol. The van der Waals surface area contributed by atoms with Gasteiger partial charge in [-0.15, -0.1) is 11.8 Å².